The highest BCUT2D eigenvalue weighted by Gasteiger charge is 2.21. The Morgan fingerprint density at radius 2 is 1.85 bits per heavy atom. The first-order valence-corrected chi connectivity index (χ1v) is 11.5. The van der Waals surface area contributed by atoms with Gasteiger partial charge in [-0.2, -0.15) is 0 Å². The number of aromatic amines is 1. The maximum atomic E-state index is 13.9. The molecule has 2 aromatic heterocycles. The Morgan fingerprint density at radius 3 is 2.68 bits per heavy atom. The van der Waals surface area contributed by atoms with Gasteiger partial charge in [0.05, 0.1) is 17.1 Å². The molecule has 5 aromatic rings. The van der Waals surface area contributed by atoms with Crippen molar-refractivity contribution in [2.24, 2.45) is 0 Å². The van der Waals surface area contributed by atoms with Crippen LogP contribution in [0.25, 0.3) is 28.0 Å². The van der Waals surface area contributed by atoms with Crippen LogP contribution in [-0.2, 0) is 4.79 Å². The third kappa shape index (κ3) is 4.17. The van der Waals surface area contributed by atoms with Crippen LogP contribution >= 0.6 is 11.8 Å². The van der Waals surface area contributed by atoms with E-state index < -0.39 is 17.5 Å². The number of carbonyl (C=O) groups is 1. The van der Waals surface area contributed by atoms with E-state index in [1.165, 1.54) is 17.8 Å². The van der Waals surface area contributed by atoms with Crippen LogP contribution in [-0.4, -0.2) is 31.4 Å². The maximum Gasteiger partial charge on any atom is 0.234 e. The van der Waals surface area contributed by atoms with Crippen molar-refractivity contribution in [2.75, 3.05) is 11.1 Å². The van der Waals surface area contributed by atoms with Crippen LogP contribution in [0.3, 0.4) is 0 Å². The number of aryl methyl sites for hydroxylation is 1. The van der Waals surface area contributed by atoms with Crippen molar-refractivity contribution in [1.29, 1.82) is 0 Å². The van der Waals surface area contributed by atoms with E-state index in [-0.39, 0.29) is 11.4 Å². The lowest BCUT2D eigenvalue weighted by Gasteiger charge is -2.12. The van der Waals surface area contributed by atoms with Crippen LogP contribution in [0.4, 0.5) is 14.5 Å². The zero-order valence-electron chi connectivity index (χ0n) is 18.0. The van der Waals surface area contributed by atoms with Gasteiger partial charge in [-0.1, -0.05) is 48.2 Å². The molecule has 2 N–H and O–H groups in total. The molecule has 0 spiro atoms. The van der Waals surface area contributed by atoms with E-state index in [0.29, 0.717) is 11.0 Å². The van der Waals surface area contributed by atoms with Crippen molar-refractivity contribution >= 4 is 34.3 Å². The number of para-hydroxylation sites is 2. The molecular formula is C25H19F2N5OS. The molecule has 3 aromatic carbocycles. The van der Waals surface area contributed by atoms with Gasteiger partial charge < -0.3 is 10.3 Å². The van der Waals surface area contributed by atoms with Crippen LogP contribution in [0.2, 0.25) is 0 Å². The Hall–Kier alpha value is -3.98. The molecule has 0 aliphatic carbocycles. The molecule has 0 unspecified atom stereocenters. The minimum Gasteiger partial charge on any atom is -0.360 e. The second kappa shape index (κ2) is 9.11. The molecule has 34 heavy (non-hydrogen) atoms. The number of benzene rings is 3. The van der Waals surface area contributed by atoms with Gasteiger partial charge in [0.25, 0.3) is 0 Å². The molecule has 5 rings (SSSR count). The first kappa shape index (κ1) is 21.8. The molecule has 170 valence electrons. The minimum absolute atomic E-state index is 0.0330. The molecular weight excluding hydrogens is 456 g/mol. The lowest BCUT2D eigenvalue weighted by molar-refractivity contribution is -0.113. The number of hydrogen-bond acceptors (Lipinski definition) is 4. The highest BCUT2D eigenvalue weighted by atomic mass is 32.2. The SMILES string of the molecule is Cc1ccccc1-n1c(SCC(=O)Nc2ccc(F)cc2F)nnc1-c1c[nH]c2ccccc12. The van der Waals surface area contributed by atoms with Crippen molar-refractivity contribution in [1.82, 2.24) is 19.7 Å². The number of nitrogens with zero attached hydrogens (tertiary/aromatic N) is 3. The van der Waals surface area contributed by atoms with Crippen molar-refractivity contribution in [3.63, 3.8) is 0 Å². The van der Waals surface area contributed by atoms with E-state index in [9.17, 15) is 13.6 Å². The molecule has 0 bridgehead atoms. The number of anilines is 1. The molecule has 0 radical (unpaired) electrons. The van der Waals surface area contributed by atoms with Crippen LogP contribution in [0.5, 0.6) is 0 Å². The number of amides is 1. The molecule has 0 atom stereocenters. The van der Waals surface area contributed by atoms with Crippen molar-refractivity contribution in [2.45, 2.75) is 12.1 Å². The number of rotatable bonds is 6. The third-order valence-electron chi connectivity index (χ3n) is 5.36. The summed E-state index contributed by atoms with van der Waals surface area (Å²) in [6.07, 6.45) is 1.89. The van der Waals surface area contributed by atoms with Crippen molar-refractivity contribution < 1.29 is 13.6 Å². The number of fused-ring (bicyclic) bond motifs is 1. The number of carbonyl (C=O) groups excluding carboxylic acids is 1. The normalized spacial score (nSPS) is 11.1. The summed E-state index contributed by atoms with van der Waals surface area (Å²) in [5.41, 5.74) is 3.69. The lowest BCUT2D eigenvalue weighted by atomic mass is 10.1. The molecule has 0 aliphatic rings. The third-order valence-corrected chi connectivity index (χ3v) is 6.29. The Morgan fingerprint density at radius 1 is 1.06 bits per heavy atom. The summed E-state index contributed by atoms with van der Waals surface area (Å²) in [4.78, 5) is 15.8. The van der Waals surface area contributed by atoms with E-state index in [2.05, 4.69) is 20.5 Å². The zero-order chi connectivity index (χ0) is 23.7. The topological polar surface area (TPSA) is 75.6 Å². The summed E-state index contributed by atoms with van der Waals surface area (Å²) in [7, 11) is 0. The lowest BCUT2D eigenvalue weighted by Crippen LogP contribution is -2.15. The number of halogens is 2. The summed E-state index contributed by atoms with van der Waals surface area (Å²) in [5, 5.41) is 12.8. The molecule has 1 amide bonds. The largest absolute Gasteiger partial charge is 0.360 e. The summed E-state index contributed by atoms with van der Waals surface area (Å²) in [6, 6.07) is 18.8. The first-order chi connectivity index (χ1) is 16.5. The predicted molar refractivity (Wildman–Crippen MR) is 129 cm³/mol. The standard InChI is InChI=1S/C25H19F2N5OS/c1-15-6-2-5-9-22(15)32-24(18-13-28-20-8-4-3-7-17(18)20)30-31-25(32)34-14-23(33)29-21-11-10-16(26)12-19(21)27/h2-13,28H,14H2,1H3,(H,29,33). The average molecular weight is 476 g/mol. The van der Waals surface area contributed by atoms with Gasteiger partial charge in [0.1, 0.15) is 11.6 Å². The van der Waals surface area contributed by atoms with Crippen molar-refractivity contribution in [3.05, 3.63) is 90.1 Å². The molecule has 0 saturated heterocycles. The zero-order valence-corrected chi connectivity index (χ0v) is 18.9. The molecule has 0 saturated carbocycles. The van der Waals surface area contributed by atoms with Gasteiger partial charge >= 0.3 is 0 Å². The van der Waals surface area contributed by atoms with E-state index in [1.807, 2.05) is 66.2 Å². The van der Waals surface area contributed by atoms with Crippen LogP contribution in [0, 0.1) is 18.6 Å². The Balaban J connectivity index is 1.48. The average Bonchev–Trinajstić information content (AvgIpc) is 3.44. The first-order valence-electron chi connectivity index (χ1n) is 10.5. The fourth-order valence-electron chi connectivity index (χ4n) is 3.73. The number of thioether (sulfide) groups is 1. The van der Waals surface area contributed by atoms with E-state index in [4.69, 9.17) is 0 Å². The Labute approximate surface area is 198 Å². The van der Waals surface area contributed by atoms with Gasteiger partial charge in [-0.25, -0.2) is 8.78 Å². The van der Waals surface area contributed by atoms with Gasteiger partial charge in [0, 0.05) is 28.7 Å². The van der Waals surface area contributed by atoms with Gasteiger partial charge in [-0.3, -0.25) is 9.36 Å². The molecule has 0 fully saturated rings. The molecule has 0 aliphatic heterocycles. The number of nitrogens with one attached hydrogen (secondary N) is 2. The Bertz CT molecular complexity index is 1510. The summed E-state index contributed by atoms with van der Waals surface area (Å²) in [5.74, 6) is -1.37. The van der Waals surface area contributed by atoms with Crippen molar-refractivity contribution in [3.8, 4) is 17.1 Å². The molecule has 9 heteroatoms. The smallest absolute Gasteiger partial charge is 0.234 e. The van der Waals surface area contributed by atoms with E-state index in [0.717, 1.165) is 39.8 Å². The monoisotopic (exact) mass is 475 g/mol. The van der Waals surface area contributed by atoms with Crippen LogP contribution in [0.15, 0.2) is 78.1 Å². The highest BCUT2D eigenvalue weighted by Crippen LogP contribution is 2.33. The second-order valence-corrected chi connectivity index (χ2v) is 8.58. The maximum absolute atomic E-state index is 13.9. The van der Waals surface area contributed by atoms with E-state index >= 15 is 0 Å². The summed E-state index contributed by atoms with van der Waals surface area (Å²) < 4.78 is 29.0. The number of hydrogen-bond donors (Lipinski definition) is 2. The van der Waals surface area contributed by atoms with E-state index in [1.54, 1.807) is 0 Å². The summed E-state index contributed by atoms with van der Waals surface area (Å²) >= 11 is 1.18. The summed E-state index contributed by atoms with van der Waals surface area (Å²) in [6.45, 7) is 1.99. The molecule has 6 nitrogen and oxygen atoms in total. The second-order valence-electron chi connectivity index (χ2n) is 7.64. The highest BCUT2D eigenvalue weighted by molar-refractivity contribution is 7.99. The van der Waals surface area contributed by atoms with Gasteiger partial charge in [-0.15, -0.1) is 10.2 Å². The van der Waals surface area contributed by atoms with Crippen LogP contribution in [0.1, 0.15) is 5.56 Å². The predicted octanol–water partition coefficient (Wildman–Crippen LogP) is 5.73. The number of H-pyrrole nitrogens is 1. The fourth-order valence-corrected chi connectivity index (χ4v) is 4.48. The van der Waals surface area contributed by atoms with Crippen LogP contribution < -0.4 is 5.32 Å². The van der Waals surface area contributed by atoms with Gasteiger partial charge in [-0.05, 0) is 36.8 Å². The Kier molecular flexibility index (Phi) is 5.85. The van der Waals surface area contributed by atoms with Gasteiger partial charge in [0.2, 0.25) is 5.91 Å². The fraction of sp³-hybridized carbons (Fsp3) is 0.0800. The minimum atomic E-state index is -0.831. The quantitative estimate of drug-likeness (QED) is 0.308. The molecule has 2 heterocycles. The number of aromatic nitrogens is 4. The van der Waals surface area contributed by atoms with Gasteiger partial charge in [0.15, 0.2) is 11.0 Å².